The van der Waals surface area contributed by atoms with E-state index >= 15 is 0 Å². The number of aliphatic hydroxyl groups is 2. The van der Waals surface area contributed by atoms with Crippen LogP contribution in [0.2, 0.25) is 0 Å². The van der Waals surface area contributed by atoms with Crippen molar-refractivity contribution in [1.82, 2.24) is 9.63 Å². The van der Waals surface area contributed by atoms with Crippen molar-refractivity contribution < 1.29 is 15.1 Å². The predicted molar refractivity (Wildman–Crippen MR) is 154 cm³/mol. The lowest BCUT2D eigenvalue weighted by molar-refractivity contribution is -0.210. The Labute approximate surface area is 232 Å². The number of hydrogen-bond acceptors (Lipinski definition) is 4. The molecule has 1 aromatic heterocycles. The van der Waals surface area contributed by atoms with Crippen LogP contribution >= 0.6 is 0 Å². The molecule has 2 N–H and O–H groups in total. The average Bonchev–Trinajstić information content (AvgIpc) is 3.35. The van der Waals surface area contributed by atoms with Crippen molar-refractivity contribution in [3.8, 4) is 0 Å². The highest BCUT2D eigenvalue weighted by molar-refractivity contribution is 5.20. The molecule has 0 aromatic carbocycles. The van der Waals surface area contributed by atoms with Gasteiger partial charge in [-0.3, -0.25) is 0 Å². The van der Waals surface area contributed by atoms with Gasteiger partial charge >= 0.3 is 0 Å². The minimum absolute atomic E-state index is 0.0471. The number of rotatable bonds is 10. The topological polar surface area (TPSA) is 57.9 Å². The second-order valence-electron chi connectivity index (χ2n) is 14.5. The monoisotopic (exact) mass is 528 g/mol. The Morgan fingerprint density at radius 1 is 1.00 bits per heavy atom. The summed E-state index contributed by atoms with van der Waals surface area (Å²) in [5.74, 6) is 2.34. The summed E-state index contributed by atoms with van der Waals surface area (Å²) in [4.78, 5) is 8.38. The van der Waals surface area contributed by atoms with E-state index in [9.17, 15) is 10.2 Å². The van der Waals surface area contributed by atoms with Gasteiger partial charge in [-0.15, -0.1) is 0 Å². The van der Waals surface area contributed by atoms with E-state index < -0.39 is 5.60 Å². The summed E-state index contributed by atoms with van der Waals surface area (Å²) in [6, 6.07) is 2.19. The third-order valence-electron chi connectivity index (χ3n) is 12.4. The van der Waals surface area contributed by atoms with Gasteiger partial charge in [0.15, 0.2) is 0 Å². The van der Waals surface area contributed by atoms with E-state index in [0.29, 0.717) is 29.1 Å². The van der Waals surface area contributed by atoms with Crippen molar-refractivity contribution in [2.24, 2.45) is 34.5 Å². The van der Waals surface area contributed by atoms with Crippen molar-refractivity contribution in [3.05, 3.63) is 23.5 Å². The molecule has 216 valence electrons. The van der Waals surface area contributed by atoms with Crippen LogP contribution in [-0.4, -0.2) is 58.8 Å². The van der Waals surface area contributed by atoms with Gasteiger partial charge < -0.3 is 20.0 Å². The standard InChI is InChI=1S/C33H56N2O3/c1-24-16-21-35(38-22-7-6-20-34(4)5)30(24)10-8-9-25-13-19-33(37)29-12-11-26-23-27(36)14-17-31(26,2)28(29)15-18-32(25,33)3/h16,21,25-29,36-37H,6-15,17-20,22-23H2,1-5H3/t25?,26?,27?,28-,29-,31+,32-,33-/m1/s1. The lowest BCUT2D eigenvalue weighted by Crippen LogP contribution is -2.62. The maximum atomic E-state index is 12.5. The van der Waals surface area contributed by atoms with Gasteiger partial charge in [-0.05, 0) is 164 Å². The number of unbranched alkanes of at least 4 members (excludes halogenated alkanes) is 1. The van der Waals surface area contributed by atoms with Crippen LogP contribution in [-0.2, 0) is 6.42 Å². The minimum Gasteiger partial charge on any atom is -0.414 e. The highest BCUT2D eigenvalue weighted by Crippen LogP contribution is 2.69. The molecule has 4 fully saturated rings. The van der Waals surface area contributed by atoms with Gasteiger partial charge in [0.2, 0.25) is 0 Å². The van der Waals surface area contributed by atoms with Crippen molar-refractivity contribution in [2.75, 3.05) is 27.2 Å². The van der Waals surface area contributed by atoms with Crippen molar-refractivity contribution >= 4 is 0 Å². The fraction of sp³-hybridized carbons (Fsp3) is 0.879. The molecule has 4 aliphatic carbocycles. The van der Waals surface area contributed by atoms with Crippen LogP contribution < -0.4 is 4.84 Å². The molecule has 0 spiro atoms. The summed E-state index contributed by atoms with van der Waals surface area (Å²) in [6.45, 7) is 9.05. The Kier molecular flexibility index (Phi) is 8.31. The average molecular weight is 529 g/mol. The normalized spacial score (nSPS) is 40.6. The van der Waals surface area contributed by atoms with E-state index in [1.165, 1.54) is 43.4 Å². The van der Waals surface area contributed by atoms with Crippen LogP contribution in [0.25, 0.3) is 0 Å². The summed E-state index contributed by atoms with van der Waals surface area (Å²) in [7, 11) is 4.25. The summed E-state index contributed by atoms with van der Waals surface area (Å²) in [5.41, 5.74) is 2.51. The quantitative estimate of drug-likeness (QED) is 0.364. The first-order valence-corrected chi connectivity index (χ1v) is 15.9. The first-order chi connectivity index (χ1) is 18.1. The Hall–Kier alpha value is -1.04. The molecule has 4 aliphatic rings. The first-order valence-electron chi connectivity index (χ1n) is 15.9. The summed E-state index contributed by atoms with van der Waals surface area (Å²) in [6.07, 6.45) is 17.7. The second-order valence-corrected chi connectivity index (χ2v) is 14.5. The zero-order valence-electron chi connectivity index (χ0n) is 25.1. The van der Waals surface area contributed by atoms with Crippen LogP contribution in [0, 0.1) is 41.4 Å². The molecule has 1 aromatic rings. The van der Waals surface area contributed by atoms with Gasteiger partial charge in [-0.25, -0.2) is 0 Å². The Morgan fingerprint density at radius 2 is 1.82 bits per heavy atom. The van der Waals surface area contributed by atoms with E-state index in [-0.39, 0.29) is 11.5 Å². The van der Waals surface area contributed by atoms with E-state index in [1.54, 1.807) is 0 Å². The fourth-order valence-corrected chi connectivity index (χ4v) is 9.95. The van der Waals surface area contributed by atoms with Crippen LogP contribution in [0.1, 0.15) is 109 Å². The molecule has 1 heterocycles. The number of hydrogen-bond donors (Lipinski definition) is 2. The number of aliphatic hydroxyl groups excluding tert-OH is 1. The molecule has 38 heavy (non-hydrogen) atoms. The third-order valence-corrected chi connectivity index (χ3v) is 12.4. The van der Waals surface area contributed by atoms with Crippen LogP contribution in [0.4, 0.5) is 0 Å². The van der Waals surface area contributed by atoms with Crippen molar-refractivity contribution in [2.45, 2.75) is 122 Å². The Bertz CT molecular complexity index is 945. The van der Waals surface area contributed by atoms with E-state index in [2.05, 4.69) is 52.0 Å². The van der Waals surface area contributed by atoms with Crippen LogP contribution in [0.15, 0.2) is 12.3 Å². The van der Waals surface area contributed by atoms with Crippen molar-refractivity contribution in [3.63, 3.8) is 0 Å². The minimum atomic E-state index is -0.504. The maximum absolute atomic E-state index is 12.5. The number of aryl methyl sites for hydroxylation is 1. The molecule has 3 unspecified atom stereocenters. The maximum Gasteiger partial charge on any atom is 0.115 e. The summed E-state index contributed by atoms with van der Waals surface area (Å²) in [5, 5.41) is 22.8. The molecular weight excluding hydrogens is 472 g/mol. The highest BCUT2D eigenvalue weighted by atomic mass is 16.7. The van der Waals surface area contributed by atoms with Crippen LogP contribution in [0.5, 0.6) is 0 Å². The molecule has 0 aliphatic heterocycles. The zero-order valence-corrected chi connectivity index (χ0v) is 25.1. The first kappa shape index (κ1) is 28.5. The molecular formula is C33H56N2O3. The lowest BCUT2D eigenvalue weighted by Gasteiger charge is -2.63. The van der Waals surface area contributed by atoms with Gasteiger partial charge in [0.05, 0.1) is 17.4 Å². The fourth-order valence-electron chi connectivity index (χ4n) is 9.95. The highest BCUT2D eigenvalue weighted by Gasteiger charge is 2.66. The van der Waals surface area contributed by atoms with Gasteiger partial charge in [0.1, 0.15) is 6.61 Å². The Morgan fingerprint density at radius 3 is 2.61 bits per heavy atom. The molecule has 0 amide bonds. The predicted octanol–water partition coefficient (Wildman–Crippen LogP) is 6.02. The molecule has 0 bridgehead atoms. The Balaban J connectivity index is 1.19. The van der Waals surface area contributed by atoms with Crippen molar-refractivity contribution in [1.29, 1.82) is 0 Å². The van der Waals surface area contributed by atoms with E-state index in [0.717, 1.165) is 70.9 Å². The smallest absolute Gasteiger partial charge is 0.115 e. The summed E-state index contributed by atoms with van der Waals surface area (Å²) < 4.78 is 2.03. The van der Waals surface area contributed by atoms with Gasteiger partial charge in [-0.2, -0.15) is 4.73 Å². The molecule has 0 saturated heterocycles. The molecule has 5 nitrogen and oxygen atoms in total. The molecule has 0 radical (unpaired) electrons. The third kappa shape index (κ3) is 4.98. The number of nitrogens with zero attached hydrogens (tertiary/aromatic N) is 2. The number of fused-ring (bicyclic) bond motifs is 5. The summed E-state index contributed by atoms with van der Waals surface area (Å²) >= 11 is 0. The van der Waals surface area contributed by atoms with Crippen LogP contribution in [0.3, 0.4) is 0 Å². The zero-order chi connectivity index (χ0) is 27.1. The molecule has 5 rings (SSSR count). The van der Waals surface area contributed by atoms with Gasteiger partial charge in [-0.1, -0.05) is 13.8 Å². The van der Waals surface area contributed by atoms with Gasteiger partial charge in [0.25, 0.3) is 0 Å². The SMILES string of the molecule is Cc1ccn(OCCCCN(C)C)c1CCCC1CC[C@@]2(O)[C@@H]3CCC4CC(O)CC[C@]4(C)[C@@H]3CC[C@]12C. The largest absolute Gasteiger partial charge is 0.414 e. The lowest BCUT2D eigenvalue weighted by atomic mass is 9.43. The van der Waals surface area contributed by atoms with E-state index in [4.69, 9.17) is 4.84 Å². The number of aromatic nitrogens is 1. The van der Waals surface area contributed by atoms with Gasteiger partial charge in [0, 0.05) is 6.20 Å². The second kappa shape index (κ2) is 11.1. The molecule has 4 saturated carbocycles. The van der Waals surface area contributed by atoms with E-state index in [1.807, 2.05) is 4.73 Å². The molecule has 8 atom stereocenters. The molecule has 5 heteroatoms.